The lowest BCUT2D eigenvalue weighted by Crippen LogP contribution is -2.20. The molecule has 1 amide bonds. The van der Waals surface area contributed by atoms with Gasteiger partial charge in [-0.2, -0.15) is 0 Å². The van der Waals surface area contributed by atoms with E-state index in [1.54, 1.807) is 42.5 Å². The molecule has 9 nitrogen and oxygen atoms in total. The summed E-state index contributed by atoms with van der Waals surface area (Å²) in [5, 5.41) is 2.67. The van der Waals surface area contributed by atoms with Crippen LogP contribution in [0.3, 0.4) is 0 Å². The number of sulfonamides is 1. The standard InChI is InChI=1S/C24H22N2O7S/c1-16(27)17-2-8-20(9-3-17)33-15-24(28)25-18-4-6-19(7-5-18)26-34(29,30)21-10-11-22-23(14-21)32-13-12-31-22/h2-11,14,26H,12-13,15H2,1H3,(H,25,28). The number of amides is 1. The van der Waals surface area contributed by atoms with Crippen molar-refractivity contribution in [1.29, 1.82) is 0 Å². The summed E-state index contributed by atoms with van der Waals surface area (Å²) in [6, 6.07) is 17.1. The van der Waals surface area contributed by atoms with Crippen molar-refractivity contribution < 1.29 is 32.2 Å². The molecule has 0 radical (unpaired) electrons. The number of anilines is 2. The fourth-order valence-corrected chi connectivity index (χ4v) is 4.23. The van der Waals surface area contributed by atoms with Gasteiger partial charge in [-0.3, -0.25) is 14.3 Å². The molecule has 10 heteroatoms. The molecule has 176 valence electrons. The third kappa shape index (κ3) is 5.65. The average molecular weight is 483 g/mol. The molecule has 0 atom stereocenters. The van der Waals surface area contributed by atoms with Crippen LogP contribution in [-0.2, 0) is 14.8 Å². The van der Waals surface area contributed by atoms with Crippen LogP contribution in [-0.4, -0.2) is 39.9 Å². The summed E-state index contributed by atoms with van der Waals surface area (Å²) in [5.41, 5.74) is 1.36. The van der Waals surface area contributed by atoms with Crippen LogP contribution in [0.25, 0.3) is 0 Å². The number of hydrogen-bond acceptors (Lipinski definition) is 7. The molecule has 0 saturated carbocycles. The van der Waals surface area contributed by atoms with Crippen molar-refractivity contribution in [2.24, 2.45) is 0 Å². The monoisotopic (exact) mass is 482 g/mol. The normalized spacial score (nSPS) is 12.5. The smallest absolute Gasteiger partial charge is 0.262 e. The Kier molecular flexibility index (Phi) is 6.69. The lowest BCUT2D eigenvalue weighted by molar-refractivity contribution is -0.118. The van der Waals surface area contributed by atoms with Crippen molar-refractivity contribution in [1.82, 2.24) is 0 Å². The number of nitrogens with one attached hydrogen (secondary N) is 2. The molecule has 34 heavy (non-hydrogen) atoms. The number of hydrogen-bond donors (Lipinski definition) is 2. The molecule has 0 aliphatic carbocycles. The molecule has 0 spiro atoms. The molecule has 3 aromatic carbocycles. The van der Waals surface area contributed by atoms with Crippen LogP contribution in [0.2, 0.25) is 0 Å². The molecular weight excluding hydrogens is 460 g/mol. The van der Waals surface area contributed by atoms with E-state index in [0.29, 0.717) is 47.4 Å². The maximum atomic E-state index is 12.7. The highest BCUT2D eigenvalue weighted by molar-refractivity contribution is 7.92. The van der Waals surface area contributed by atoms with Crippen LogP contribution < -0.4 is 24.2 Å². The molecular formula is C24H22N2O7S. The van der Waals surface area contributed by atoms with E-state index in [0.717, 1.165) is 0 Å². The number of rotatable bonds is 8. The summed E-state index contributed by atoms with van der Waals surface area (Å²) in [6.07, 6.45) is 0. The Hall–Kier alpha value is -4.05. The number of ether oxygens (including phenoxy) is 3. The molecule has 1 heterocycles. The number of benzene rings is 3. The topological polar surface area (TPSA) is 120 Å². The van der Waals surface area contributed by atoms with E-state index in [4.69, 9.17) is 14.2 Å². The van der Waals surface area contributed by atoms with E-state index in [-0.39, 0.29) is 23.2 Å². The van der Waals surface area contributed by atoms with E-state index in [9.17, 15) is 18.0 Å². The summed E-state index contributed by atoms with van der Waals surface area (Å²) in [4.78, 5) is 23.5. The van der Waals surface area contributed by atoms with Gasteiger partial charge in [0, 0.05) is 23.0 Å². The maximum Gasteiger partial charge on any atom is 0.262 e. The zero-order valence-corrected chi connectivity index (χ0v) is 19.1. The van der Waals surface area contributed by atoms with Crippen molar-refractivity contribution >= 4 is 33.1 Å². The SMILES string of the molecule is CC(=O)c1ccc(OCC(=O)Nc2ccc(NS(=O)(=O)c3ccc4c(c3)OCCO4)cc2)cc1. The summed E-state index contributed by atoms with van der Waals surface area (Å²) in [5.74, 6) is 0.900. The third-order valence-corrected chi connectivity index (χ3v) is 6.25. The lowest BCUT2D eigenvalue weighted by atomic mass is 10.1. The Bertz CT molecular complexity index is 1300. The van der Waals surface area contributed by atoms with E-state index in [1.807, 2.05) is 0 Å². The molecule has 1 aliphatic rings. The van der Waals surface area contributed by atoms with Crippen LogP contribution in [0.15, 0.2) is 71.6 Å². The molecule has 2 N–H and O–H groups in total. The maximum absolute atomic E-state index is 12.7. The second-order valence-electron chi connectivity index (χ2n) is 7.41. The van der Waals surface area contributed by atoms with Gasteiger partial charge in [-0.1, -0.05) is 0 Å². The Morgan fingerprint density at radius 2 is 1.53 bits per heavy atom. The number of fused-ring (bicyclic) bond motifs is 1. The Labute approximate surface area is 196 Å². The average Bonchev–Trinajstić information content (AvgIpc) is 2.84. The number of carbonyl (C=O) groups is 2. The predicted octanol–water partition coefficient (Wildman–Crippen LogP) is 3.48. The minimum atomic E-state index is -3.84. The molecule has 0 unspecified atom stereocenters. The van der Waals surface area contributed by atoms with E-state index in [2.05, 4.69) is 10.0 Å². The van der Waals surface area contributed by atoms with E-state index in [1.165, 1.54) is 31.2 Å². The molecule has 1 aliphatic heterocycles. The molecule has 0 bridgehead atoms. The Balaban J connectivity index is 1.32. The first kappa shape index (κ1) is 23.1. The highest BCUT2D eigenvalue weighted by Crippen LogP contribution is 2.32. The van der Waals surface area contributed by atoms with Crippen LogP contribution in [0, 0.1) is 0 Å². The predicted molar refractivity (Wildman–Crippen MR) is 125 cm³/mol. The summed E-state index contributed by atoms with van der Waals surface area (Å²) in [7, 11) is -3.84. The number of carbonyl (C=O) groups excluding carboxylic acids is 2. The van der Waals surface area contributed by atoms with Gasteiger partial charge in [-0.15, -0.1) is 0 Å². The van der Waals surface area contributed by atoms with E-state index >= 15 is 0 Å². The first-order valence-electron chi connectivity index (χ1n) is 10.4. The highest BCUT2D eigenvalue weighted by Gasteiger charge is 2.19. The minimum Gasteiger partial charge on any atom is -0.486 e. The van der Waals surface area contributed by atoms with Crippen molar-refractivity contribution in [3.8, 4) is 17.2 Å². The van der Waals surface area contributed by atoms with Gasteiger partial charge in [0.05, 0.1) is 4.90 Å². The highest BCUT2D eigenvalue weighted by atomic mass is 32.2. The first-order chi connectivity index (χ1) is 16.3. The van der Waals surface area contributed by atoms with Gasteiger partial charge in [0.25, 0.3) is 15.9 Å². The molecule has 0 saturated heterocycles. The van der Waals surface area contributed by atoms with Gasteiger partial charge in [-0.05, 0) is 67.6 Å². The number of Topliss-reactive ketones (excluding diaryl/α,β-unsaturated/α-hetero) is 1. The van der Waals surface area contributed by atoms with Crippen LogP contribution in [0.4, 0.5) is 11.4 Å². The molecule has 0 fully saturated rings. The second-order valence-corrected chi connectivity index (χ2v) is 9.09. The lowest BCUT2D eigenvalue weighted by Gasteiger charge is -2.19. The van der Waals surface area contributed by atoms with Crippen molar-refractivity contribution in [2.75, 3.05) is 29.9 Å². The largest absolute Gasteiger partial charge is 0.486 e. The van der Waals surface area contributed by atoms with Crippen LogP contribution >= 0.6 is 0 Å². The van der Waals surface area contributed by atoms with Crippen molar-refractivity contribution in [3.05, 3.63) is 72.3 Å². The summed E-state index contributed by atoms with van der Waals surface area (Å²) < 4.78 is 44.2. The summed E-state index contributed by atoms with van der Waals surface area (Å²) >= 11 is 0. The summed E-state index contributed by atoms with van der Waals surface area (Å²) in [6.45, 7) is 2.02. The van der Waals surface area contributed by atoms with Crippen molar-refractivity contribution in [2.45, 2.75) is 11.8 Å². The van der Waals surface area contributed by atoms with Crippen LogP contribution in [0.1, 0.15) is 17.3 Å². The molecule has 3 aromatic rings. The quantitative estimate of drug-likeness (QED) is 0.472. The minimum absolute atomic E-state index is 0.0441. The zero-order chi connectivity index (χ0) is 24.1. The fourth-order valence-electron chi connectivity index (χ4n) is 3.16. The Morgan fingerprint density at radius 1 is 0.882 bits per heavy atom. The Morgan fingerprint density at radius 3 is 2.21 bits per heavy atom. The van der Waals surface area contributed by atoms with Gasteiger partial charge in [0.2, 0.25) is 0 Å². The van der Waals surface area contributed by atoms with Gasteiger partial charge in [0.15, 0.2) is 23.9 Å². The van der Waals surface area contributed by atoms with Crippen molar-refractivity contribution in [3.63, 3.8) is 0 Å². The van der Waals surface area contributed by atoms with Gasteiger partial charge in [-0.25, -0.2) is 8.42 Å². The first-order valence-corrected chi connectivity index (χ1v) is 11.8. The second kappa shape index (κ2) is 9.84. The van der Waals surface area contributed by atoms with Gasteiger partial charge in [0.1, 0.15) is 19.0 Å². The van der Waals surface area contributed by atoms with Gasteiger partial charge < -0.3 is 19.5 Å². The number of ketones is 1. The zero-order valence-electron chi connectivity index (χ0n) is 18.2. The fraction of sp³-hybridized carbons (Fsp3) is 0.167. The van der Waals surface area contributed by atoms with Gasteiger partial charge >= 0.3 is 0 Å². The van der Waals surface area contributed by atoms with E-state index < -0.39 is 10.0 Å². The van der Waals surface area contributed by atoms with Crippen LogP contribution in [0.5, 0.6) is 17.2 Å². The molecule has 4 rings (SSSR count). The third-order valence-electron chi connectivity index (χ3n) is 4.88. The molecule has 0 aromatic heterocycles.